The summed E-state index contributed by atoms with van der Waals surface area (Å²) in [6, 6.07) is 10.2. The summed E-state index contributed by atoms with van der Waals surface area (Å²) in [5.74, 6) is 0. The lowest BCUT2D eigenvalue weighted by Gasteiger charge is -2.29. The topological polar surface area (TPSA) is 38.0 Å². The highest BCUT2D eigenvalue weighted by Crippen LogP contribution is 2.38. The van der Waals surface area contributed by atoms with Gasteiger partial charge in [0.05, 0.1) is 24.2 Å². The zero-order chi connectivity index (χ0) is 13.3. The standard InChI is InChI=1S/C16H20N2O/c1-13-15(14-7-3-2-4-8-14)17-12-18(13)16(11-19)9-5-6-10-16/h2-4,7-8,12,19H,5-6,9-11H2,1H3. The van der Waals surface area contributed by atoms with E-state index >= 15 is 0 Å². The van der Waals surface area contributed by atoms with Crippen molar-refractivity contribution in [2.24, 2.45) is 0 Å². The fourth-order valence-electron chi connectivity index (χ4n) is 3.28. The molecule has 0 amide bonds. The summed E-state index contributed by atoms with van der Waals surface area (Å²) >= 11 is 0. The number of aromatic nitrogens is 2. The van der Waals surface area contributed by atoms with E-state index in [1.165, 1.54) is 12.8 Å². The van der Waals surface area contributed by atoms with Crippen LogP contribution in [0.4, 0.5) is 0 Å². The Labute approximate surface area is 113 Å². The van der Waals surface area contributed by atoms with E-state index in [0.29, 0.717) is 0 Å². The van der Waals surface area contributed by atoms with Gasteiger partial charge in [-0.1, -0.05) is 43.2 Å². The minimum atomic E-state index is -0.121. The molecule has 1 aromatic heterocycles. The van der Waals surface area contributed by atoms with Gasteiger partial charge in [-0.25, -0.2) is 4.98 Å². The van der Waals surface area contributed by atoms with Crippen molar-refractivity contribution >= 4 is 0 Å². The van der Waals surface area contributed by atoms with E-state index in [1.54, 1.807) is 0 Å². The Balaban J connectivity index is 2.04. The number of imidazole rings is 1. The van der Waals surface area contributed by atoms with E-state index in [-0.39, 0.29) is 12.1 Å². The molecule has 0 aliphatic heterocycles. The zero-order valence-electron chi connectivity index (χ0n) is 11.3. The van der Waals surface area contributed by atoms with Gasteiger partial charge in [0.15, 0.2) is 0 Å². The molecule has 100 valence electrons. The molecule has 3 rings (SSSR count). The Hall–Kier alpha value is -1.61. The minimum absolute atomic E-state index is 0.121. The highest BCUT2D eigenvalue weighted by molar-refractivity contribution is 5.61. The smallest absolute Gasteiger partial charge is 0.0961 e. The van der Waals surface area contributed by atoms with Gasteiger partial charge in [-0.15, -0.1) is 0 Å². The first-order valence-electron chi connectivity index (χ1n) is 6.97. The Morgan fingerprint density at radius 2 is 1.89 bits per heavy atom. The fraction of sp³-hybridized carbons (Fsp3) is 0.438. The van der Waals surface area contributed by atoms with E-state index in [0.717, 1.165) is 29.8 Å². The van der Waals surface area contributed by atoms with Crippen molar-refractivity contribution in [1.29, 1.82) is 0 Å². The number of aliphatic hydroxyl groups is 1. The molecule has 0 bridgehead atoms. The molecule has 3 heteroatoms. The van der Waals surface area contributed by atoms with Crippen molar-refractivity contribution in [2.75, 3.05) is 6.61 Å². The number of benzene rings is 1. The zero-order valence-corrected chi connectivity index (χ0v) is 11.3. The van der Waals surface area contributed by atoms with Gasteiger partial charge in [-0.3, -0.25) is 0 Å². The average Bonchev–Trinajstić information content (AvgIpc) is 3.07. The summed E-state index contributed by atoms with van der Waals surface area (Å²) in [5.41, 5.74) is 3.21. The van der Waals surface area contributed by atoms with Crippen LogP contribution in [0.15, 0.2) is 36.7 Å². The molecule has 0 saturated heterocycles. The summed E-state index contributed by atoms with van der Waals surface area (Å²) in [6.45, 7) is 2.31. The molecule has 3 nitrogen and oxygen atoms in total. The summed E-state index contributed by atoms with van der Waals surface area (Å²) in [4.78, 5) is 4.58. The van der Waals surface area contributed by atoms with Crippen LogP contribution >= 0.6 is 0 Å². The van der Waals surface area contributed by atoms with E-state index in [1.807, 2.05) is 24.5 Å². The van der Waals surface area contributed by atoms with Crippen molar-refractivity contribution < 1.29 is 5.11 Å². The maximum absolute atomic E-state index is 9.83. The van der Waals surface area contributed by atoms with Gasteiger partial charge in [0, 0.05) is 11.3 Å². The van der Waals surface area contributed by atoms with Crippen LogP contribution in [0.2, 0.25) is 0 Å². The van der Waals surface area contributed by atoms with Crippen LogP contribution in [-0.2, 0) is 5.54 Å². The second-order valence-electron chi connectivity index (χ2n) is 5.50. The maximum atomic E-state index is 9.83. The van der Waals surface area contributed by atoms with Crippen LogP contribution < -0.4 is 0 Å². The molecule has 1 aliphatic rings. The largest absolute Gasteiger partial charge is 0.394 e. The van der Waals surface area contributed by atoms with Crippen molar-refractivity contribution in [3.8, 4) is 11.3 Å². The van der Waals surface area contributed by atoms with Crippen LogP contribution in [0.5, 0.6) is 0 Å². The van der Waals surface area contributed by atoms with E-state index < -0.39 is 0 Å². The molecule has 0 unspecified atom stereocenters. The number of hydrogen-bond donors (Lipinski definition) is 1. The van der Waals surface area contributed by atoms with Crippen molar-refractivity contribution in [3.63, 3.8) is 0 Å². The van der Waals surface area contributed by atoms with Gasteiger partial charge in [0.2, 0.25) is 0 Å². The van der Waals surface area contributed by atoms with Gasteiger partial charge in [-0.05, 0) is 19.8 Å². The minimum Gasteiger partial charge on any atom is -0.394 e. The lowest BCUT2D eigenvalue weighted by Crippen LogP contribution is -2.34. The summed E-state index contributed by atoms with van der Waals surface area (Å²) < 4.78 is 2.20. The van der Waals surface area contributed by atoms with E-state index in [9.17, 15) is 5.11 Å². The molecule has 2 aromatic rings. The first-order valence-corrected chi connectivity index (χ1v) is 6.97. The highest BCUT2D eigenvalue weighted by atomic mass is 16.3. The van der Waals surface area contributed by atoms with Gasteiger partial charge >= 0.3 is 0 Å². The quantitative estimate of drug-likeness (QED) is 0.916. The average molecular weight is 256 g/mol. The third kappa shape index (κ3) is 1.98. The Bertz CT molecular complexity index is 553. The molecule has 0 spiro atoms. The van der Waals surface area contributed by atoms with Crippen molar-refractivity contribution in [2.45, 2.75) is 38.1 Å². The second-order valence-corrected chi connectivity index (χ2v) is 5.50. The van der Waals surface area contributed by atoms with Crippen molar-refractivity contribution in [3.05, 3.63) is 42.4 Å². The van der Waals surface area contributed by atoms with Gasteiger partial charge < -0.3 is 9.67 Å². The van der Waals surface area contributed by atoms with E-state index in [4.69, 9.17) is 0 Å². The first-order chi connectivity index (χ1) is 9.27. The monoisotopic (exact) mass is 256 g/mol. The Morgan fingerprint density at radius 1 is 1.21 bits per heavy atom. The molecule has 1 saturated carbocycles. The number of nitrogens with zero attached hydrogens (tertiary/aromatic N) is 2. The van der Waals surface area contributed by atoms with Crippen LogP contribution in [0, 0.1) is 6.92 Å². The molecule has 1 N–H and O–H groups in total. The Kier molecular flexibility index (Phi) is 3.15. The fourth-order valence-corrected chi connectivity index (χ4v) is 3.28. The molecule has 0 radical (unpaired) electrons. The van der Waals surface area contributed by atoms with Crippen LogP contribution in [0.3, 0.4) is 0 Å². The highest BCUT2D eigenvalue weighted by Gasteiger charge is 2.36. The molecule has 1 aromatic carbocycles. The molecule has 1 heterocycles. The molecule has 19 heavy (non-hydrogen) atoms. The second kappa shape index (κ2) is 4.82. The lowest BCUT2D eigenvalue weighted by molar-refractivity contribution is 0.135. The lowest BCUT2D eigenvalue weighted by atomic mass is 9.98. The summed E-state index contributed by atoms with van der Waals surface area (Å²) in [5, 5.41) is 9.83. The number of hydrogen-bond acceptors (Lipinski definition) is 2. The van der Waals surface area contributed by atoms with Gasteiger partial charge in [0.1, 0.15) is 0 Å². The SMILES string of the molecule is Cc1c(-c2ccccc2)ncn1C1(CO)CCCC1. The third-order valence-corrected chi connectivity index (χ3v) is 4.39. The molecule has 1 aliphatic carbocycles. The molecular formula is C16H20N2O. The summed E-state index contributed by atoms with van der Waals surface area (Å²) in [6.07, 6.45) is 6.39. The van der Waals surface area contributed by atoms with E-state index in [2.05, 4.69) is 28.6 Å². The number of aliphatic hydroxyl groups excluding tert-OH is 1. The molecule has 0 atom stereocenters. The predicted molar refractivity (Wildman–Crippen MR) is 75.9 cm³/mol. The molecular weight excluding hydrogens is 236 g/mol. The van der Waals surface area contributed by atoms with Crippen LogP contribution in [-0.4, -0.2) is 21.3 Å². The predicted octanol–water partition coefficient (Wildman–Crippen LogP) is 3.12. The van der Waals surface area contributed by atoms with Crippen LogP contribution in [0.1, 0.15) is 31.4 Å². The third-order valence-electron chi connectivity index (χ3n) is 4.39. The van der Waals surface area contributed by atoms with Gasteiger partial charge in [-0.2, -0.15) is 0 Å². The molecule has 1 fully saturated rings. The van der Waals surface area contributed by atoms with Gasteiger partial charge in [0.25, 0.3) is 0 Å². The number of rotatable bonds is 3. The Morgan fingerprint density at radius 3 is 2.53 bits per heavy atom. The first kappa shape index (κ1) is 12.4. The maximum Gasteiger partial charge on any atom is 0.0961 e. The normalized spacial score (nSPS) is 17.8. The summed E-state index contributed by atoms with van der Waals surface area (Å²) in [7, 11) is 0. The van der Waals surface area contributed by atoms with Crippen LogP contribution in [0.25, 0.3) is 11.3 Å². The van der Waals surface area contributed by atoms with Crippen molar-refractivity contribution in [1.82, 2.24) is 9.55 Å².